The quantitative estimate of drug-likeness (QED) is 0.435. The number of hydrogen-bond donors (Lipinski definition) is 0. The lowest BCUT2D eigenvalue weighted by Crippen LogP contribution is -2.31. The Bertz CT molecular complexity index is 718. The number of hydrogen-bond acceptors (Lipinski definition) is 6. The summed E-state index contributed by atoms with van der Waals surface area (Å²) < 4.78 is 0. The van der Waals surface area contributed by atoms with Gasteiger partial charge >= 0.3 is 0 Å². The van der Waals surface area contributed by atoms with E-state index in [0.29, 0.717) is 35.1 Å². The van der Waals surface area contributed by atoms with Gasteiger partial charge in [0.2, 0.25) is 5.91 Å². The summed E-state index contributed by atoms with van der Waals surface area (Å²) in [5, 5.41) is 19.6. The largest absolute Gasteiger partial charge is 0.343 e. The third kappa shape index (κ3) is 4.51. The molecule has 1 amide bonds. The van der Waals surface area contributed by atoms with Crippen LogP contribution in [0.25, 0.3) is 11.3 Å². The van der Waals surface area contributed by atoms with Crippen LogP contribution in [0.5, 0.6) is 0 Å². The van der Waals surface area contributed by atoms with E-state index >= 15 is 0 Å². The number of amides is 1. The molecule has 1 aromatic heterocycles. The minimum Gasteiger partial charge on any atom is -0.343 e. The van der Waals surface area contributed by atoms with E-state index in [1.165, 1.54) is 23.9 Å². The van der Waals surface area contributed by atoms with Gasteiger partial charge in [0.15, 0.2) is 0 Å². The van der Waals surface area contributed by atoms with Gasteiger partial charge in [0.25, 0.3) is 5.69 Å². The average molecular weight is 346 g/mol. The Labute approximate surface area is 144 Å². The second-order valence-electron chi connectivity index (χ2n) is 4.92. The summed E-state index contributed by atoms with van der Waals surface area (Å²) >= 11 is 1.33. The molecular weight excluding hydrogens is 328 g/mol. The third-order valence-corrected chi connectivity index (χ3v) is 4.36. The van der Waals surface area contributed by atoms with Gasteiger partial charge in [-0.3, -0.25) is 14.9 Å². The van der Waals surface area contributed by atoms with Crippen molar-refractivity contribution in [2.75, 3.05) is 18.8 Å². The zero-order valence-electron chi connectivity index (χ0n) is 13.5. The fourth-order valence-electron chi connectivity index (χ4n) is 2.13. The van der Waals surface area contributed by atoms with E-state index < -0.39 is 4.92 Å². The lowest BCUT2D eigenvalue weighted by Gasteiger charge is -2.17. The molecule has 0 aliphatic rings. The minimum absolute atomic E-state index is 0.0116. The topological polar surface area (TPSA) is 89.2 Å². The molecule has 2 aromatic rings. The van der Waals surface area contributed by atoms with Gasteiger partial charge in [-0.05, 0) is 26.0 Å². The van der Waals surface area contributed by atoms with Crippen LogP contribution in [0.1, 0.15) is 13.8 Å². The van der Waals surface area contributed by atoms with Crippen molar-refractivity contribution in [1.82, 2.24) is 15.1 Å². The van der Waals surface area contributed by atoms with Crippen molar-refractivity contribution >= 4 is 23.4 Å². The van der Waals surface area contributed by atoms with Crippen molar-refractivity contribution in [3.8, 4) is 11.3 Å². The van der Waals surface area contributed by atoms with Crippen molar-refractivity contribution in [3.63, 3.8) is 0 Å². The van der Waals surface area contributed by atoms with Crippen LogP contribution in [0, 0.1) is 10.1 Å². The Balaban J connectivity index is 2.04. The minimum atomic E-state index is -0.444. The fraction of sp³-hybridized carbons (Fsp3) is 0.312. The van der Waals surface area contributed by atoms with Crippen molar-refractivity contribution < 1.29 is 9.72 Å². The molecule has 0 atom stereocenters. The maximum Gasteiger partial charge on any atom is 0.270 e. The molecule has 126 valence electrons. The molecule has 0 fully saturated rings. The molecule has 0 N–H and O–H groups in total. The second kappa shape index (κ2) is 8.39. The van der Waals surface area contributed by atoms with Gasteiger partial charge in [0.05, 0.1) is 16.4 Å². The van der Waals surface area contributed by atoms with Crippen molar-refractivity contribution in [3.05, 3.63) is 46.5 Å². The Morgan fingerprint density at radius 2 is 1.96 bits per heavy atom. The molecule has 0 unspecified atom stereocenters. The van der Waals surface area contributed by atoms with Gasteiger partial charge in [-0.15, -0.1) is 10.2 Å². The zero-order valence-corrected chi connectivity index (χ0v) is 14.3. The van der Waals surface area contributed by atoms with Crippen molar-refractivity contribution in [2.45, 2.75) is 18.9 Å². The molecule has 0 bridgehead atoms. The van der Waals surface area contributed by atoms with Crippen LogP contribution in [0.15, 0.2) is 41.4 Å². The second-order valence-corrected chi connectivity index (χ2v) is 5.91. The highest BCUT2D eigenvalue weighted by atomic mass is 32.2. The number of non-ortho nitro benzene ring substituents is 1. The summed E-state index contributed by atoms with van der Waals surface area (Å²) in [4.78, 5) is 24.1. The lowest BCUT2D eigenvalue weighted by atomic mass is 10.1. The Morgan fingerprint density at radius 3 is 2.54 bits per heavy atom. The first-order valence-corrected chi connectivity index (χ1v) is 8.52. The van der Waals surface area contributed by atoms with Gasteiger partial charge in [-0.25, -0.2) is 0 Å². The van der Waals surface area contributed by atoms with Gasteiger partial charge in [0.1, 0.15) is 5.03 Å². The molecule has 7 nitrogen and oxygen atoms in total. The summed E-state index contributed by atoms with van der Waals surface area (Å²) in [7, 11) is 0. The average Bonchev–Trinajstić information content (AvgIpc) is 2.61. The van der Waals surface area contributed by atoms with Crippen molar-refractivity contribution in [1.29, 1.82) is 0 Å². The maximum atomic E-state index is 12.0. The molecule has 0 radical (unpaired) electrons. The molecule has 2 rings (SSSR count). The molecular formula is C16H18N4O3S. The van der Waals surface area contributed by atoms with Crippen LogP contribution in [0.3, 0.4) is 0 Å². The summed E-state index contributed by atoms with van der Waals surface area (Å²) in [6.07, 6.45) is 0. The van der Waals surface area contributed by atoms with Crippen LogP contribution in [-0.2, 0) is 4.79 Å². The summed E-state index contributed by atoms with van der Waals surface area (Å²) in [6, 6.07) is 9.76. The number of nitro benzene ring substituents is 1. The fourth-order valence-corrected chi connectivity index (χ4v) is 2.85. The van der Waals surface area contributed by atoms with E-state index in [2.05, 4.69) is 10.2 Å². The van der Waals surface area contributed by atoms with Gasteiger partial charge in [0, 0.05) is 30.8 Å². The standard InChI is InChI=1S/C16H18N4O3S/c1-3-19(4-2)16(21)11-24-15-9-8-14(17-18-15)12-6-5-7-13(10-12)20(22)23/h5-10H,3-4,11H2,1-2H3. The molecule has 0 saturated carbocycles. The maximum absolute atomic E-state index is 12.0. The van der Waals surface area contributed by atoms with E-state index in [-0.39, 0.29) is 11.6 Å². The first-order valence-electron chi connectivity index (χ1n) is 7.54. The number of rotatable bonds is 7. The number of thioether (sulfide) groups is 1. The Morgan fingerprint density at radius 1 is 1.21 bits per heavy atom. The summed E-state index contributed by atoms with van der Waals surface area (Å²) in [5.74, 6) is 0.376. The third-order valence-electron chi connectivity index (χ3n) is 3.45. The normalized spacial score (nSPS) is 10.4. The highest BCUT2D eigenvalue weighted by molar-refractivity contribution is 7.99. The molecule has 0 saturated heterocycles. The number of aromatic nitrogens is 2. The summed E-state index contributed by atoms with van der Waals surface area (Å²) in [5.41, 5.74) is 1.20. The van der Waals surface area contributed by atoms with Crippen LogP contribution < -0.4 is 0 Å². The predicted octanol–water partition coefficient (Wildman–Crippen LogP) is 3.01. The van der Waals surface area contributed by atoms with Gasteiger partial charge in [-0.2, -0.15) is 0 Å². The SMILES string of the molecule is CCN(CC)C(=O)CSc1ccc(-c2cccc([N+](=O)[O-])c2)nn1. The highest BCUT2D eigenvalue weighted by Crippen LogP contribution is 2.23. The monoisotopic (exact) mass is 346 g/mol. The van der Waals surface area contributed by atoms with E-state index in [1.807, 2.05) is 13.8 Å². The molecule has 0 aliphatic carbocycles. The molecule has 8 heteroatoms. The lowest BCUT2D eigenvalue weighted by molar-refractivity contribution is -0.384. The molecule has 0 aliphatic heterocycles. The smallest absolute Gasteiger partial charge is 0.270 e. The molecule has 1 aromatic carbocycles. The number of carbonyl (C=O) groups excluding carboxylic acids is 1. The number of nitrogens with zero attached hydrogens (tertiary/aromatic N) is 4. The zero-order chi connectivity index (χ0) is 17.5. The van der Waals surface area contributed by atoms with Gasteiger partial charge in [-0.1, -0.05) is 23.9 Å². The number of nitro groups is 1. The highest BCUT2D eigenvalue weighted by Gasteiger charge is 2.11. The van der Waals surface area contributed by atoms with Crippen LogP contribution in [0.2, 0.25) is 0 Å². The van der Waals surface area contributed by atoms with E-state index in [0.717, 1.165) is 0 Å². The number of benzene rings is 1. The van der Waals surface area contributed by atoms with E-state index in [1.54, 1.807) is 29.2 Å². The van der Waals surface area contributed by atoms with Crippen molar-refractivity contribution in [2.24, 2.45) is 0 Å². The summed E-state index contributed by atoms with van der Waals surface area (Å²) in [6.45, 7) is 5.26. The molecule has 0 spiro atoms. The van der Waals surface area contributed by atoms with Gasteiger partial charge < -0.3 is 4.90 Å². The molecule has 24 heavy (non-hydrogen) atoms. The van der Waals surface area contributed by atoms with Crippen LogP contribution in [-0.4, -0.2) is 44.8 Å². The van der Waals surface area contributed by atoms with E-state index in [9.17, 15) is 14.9 Å². The first-order chi connectivity index (χ1) is 11.5. The van der Waals surface area contributed by atoms with Crippen LogP contribution >= 0.6 is 11.8 Å². The number of carbonyl (C=O) groups is 1. The Kier molecular flexibility index (Phi) is 6.25. The molecule has 1 heterocycles. The predicted molar refractivity (Wildman–Crippen MR) is 92.8 cm³/mol. The van der Waals surface area contributed by atoms with E-state index in [4.69, 9.17) is 0 Å². The van der Waals surface area contributed by atoms with Crippen LogP contribution in [0.4, 0.5) is 5.69 Å². The first kappa shape index (κ1) is 17.9. The Hall–Kier alpha value is -2.48.